The number of nitrogens with zero attached hydrogens (tertiary/aromatic N) is 2. The molecular weight excluding hydrogens is 278 g/mol. The zero-order valence-electron chi connectivity index (χ0n) is 11.1. The minimum absolute atomic E-state index is 0.481. The summed E-state index contributed by atoms with van der Waals surface area (Å²) in [4.78, 5) is 0. The maximum Gasteiger partial charge on any atom is 0.148 e. The van der Waals surface area contributed by atoms with Crippen LogP contribution < -0.4 is 15.2 Å². The Kier molecular flexibility index (Phi) is 4.42. The molecule has 0 aliphatic heterocycles. The van der Waals surface area contributed by atoms with Gasteiger partial charge in [0.2, 0.25) is 0 Å². The molecule has 6 heteroatoms. The second-order valence-corrected chi connectivity index (χ2v) is 4.38. The lowest BCUT2D eigenvalue weighted by molar-refractivity contribution is 0.406. The van der Waals surface area contributed by atoms with Gasteiger partial charge >= 0.3 is 0 Å². The van der Waals surface area contributed by atoms with E-state index in [-0.39, 0.29) is 0 Å². The molecule has 0 aliphatic carbocycles. The minimum atomic E-state index is 0.481. The van der Waals surface area contributed by atoms with Crippen molar-refractivity contribution >= 4 is 28.7 Å². The molecule has 0 unspecified atom stereocenters. The molecule has 0 amide bonds. The van der Waals surface area contributed by atoms with Gasteiger partial charge in [-0.2, -0.15) is 5.11 Å². The predicted octanol–water partition coefficient (Wildman–Crippen LogP) is 4.35. The summed E-state index contributed by atoms with van der Waals surface area (Å²) in [6, 6.07) is 10.4. The molecule has 0 saturated carbocycles. The van der Waals surface area contributed by atoms with Crippen LogP contribution in [0.1, 0.15) is 0 Å². The van der Waals surface area contributed by atoms with Gasteiger partial charge in [-0.05, 0) is 24.3 Å². The summed E-state index contributed by atoms with van der Waals surface area (Å²) in [6.45, 7) is 0. The third-order valence-corrected chi connectivity index (χ3v) is 2.88. The van der Waals surface area contributed by atoms with Crippen molar-refractivity contribution < 1.29 is 9.47 Å². The molecule has 2 aromatic rings. The van der Waals surface area contributed by atoms with Crippen molar-refractivity contribution in [3.05, 3.63) is 41.4 Å². The van der Waals surface area contributed by atoms with Crippen LogP contribution in [0.5, 0.6) is 11.5 Å². The Morgan fingerprint density at radius 1 is 0.950 bits per heavy atom. The molecule has 0 heterocycles. The molecule has 2 N–H and O–H groups in total. The van der Waals surface area contributed by atoms with E-state index in [1.165, 1.54) is 7.11 Å². The van der Waals surface area contributed by atoms with Crippen molar-refractivity contribution in [2.75, 3.05) is 20.0 Å². The molecule has 0 fully saturated rings. The van der Waals surface area contributed by atoms with Crippen LogP contribution in [0.4, 0.5) is 17.1 Å². The van der Waals surface area contributed by atoms with Gasteiger partial charge in [0.15, 0.2) is 0 Å². The molecule has 0 radical (unpaired) electrons. The number of anilines is 1. The van der Waals surface area contributed by atoms with Gasteiger partial charge in [-0.1, -0.05) is 11.6 Å². The van der Waals surface area contributed by atoms with E-state index >= 15 is 0 Å². The Morgan fingerprint density at radius 2 is 1.60 bits per heavy atom. The lowest BCUT2D eigenvalue weighted by Crippen LogP contribution is -1.93. The van der Waals surface area contributed by atoms with E-state index in [9.17, 15) is 0 Å². The summed E-state index contributed by atoms with van der Waals surface area (Å²) < 4.78 is 10.4. The first-order valence-corrected chi connectivity index (χ1v) is 6.20. The Morgan fingerprint density at radius 3 is 2.20 bits per heavy atom. The van der Waals surface area contributed by atoms with Gasteiger partial charge in [0.1, 0.15) is 17.2 Å². The first-order chi connectivity index (χ1) is 9.63. The second kappa shape index (κ2) is 6.25. The maximum atomic E-state index is 5.81. The molecule has 0 spiro atoms. The van der Waals surface area contributed by atoms with Crippen LogP contribution in [-0.4, -0.2) is 14.2 Å². The Balaban J connectivity index is 2.34. The number of nitrogens with two attached hydrogens (primary N) is 1. The average Bonchev–Trinajstić information content (AvgIpc) is 2.47. The van der Waals surface area contributed by atoms with Crippen LogP contribution in [0.15, 0.2) is 46.6 Å². The lowest BCUT2D eigenvalue weighted by Gasteiger charge is -2.09. The number of rotatable bonds is 4. The highest BCUT2D eigenvalue weighted by atomic mass is 35.5. The quantitative estimate of drug-likeness (QED) is 0.672. The summed E-state index contributed by atoms with van der Waals surface area (Å²) in [5.41, 5.74) is 7.51. The monoisotopic (exact) mass is 291 g/mol. The molecule has 5 nitrogen and oxygen atoms in total. The number of halogens is 1. The predicted molar refractivity (Wildman–Crippen MR) is 79.6 cm³/mol. The molecule has 104 valence electrons. The van der Waals surface area contributed by atoms with Gasteiger partial charge in [0.05, 0.1) is 25.6 Å². The zero-order chi connectivity index (χ0) is 14.5. The van der Waals surface area contributed by atoms with Gasteiger partial charge < -0.3 is 15.2 Å². The highest BCUT2D eigenvalue weighted by molar-refractivity contribution is 6.30. The number of ether oxygens (including phenoxy) is 2. The van der Waals surface area contributed by atoms with E-state index in [1.807, 2.05) is 0 Å². The van der Waals surface area contributed by atoms with E-state index in [4.69, 9.17) is 26.8 Å². The zero-order valence-corrected chi connectivity index (χ0v) is 11.9. The minimum Gasteiger partial charge on any atom is -0.495 e. The molecule has 2 aromatic carbocycles. The molecule has 0 saturated heterocycles. The van der Waals surface area contributed by atoms with Crippen molar-refractivity contribution in [2.24, 2.45) is 10.2 Å². The van der Waals surface area contributed by atoms with Crippen LogP contribution in [0.25, 0.3) is 0 Å². The standard InChI is InChI=1S/C14H14ClN3O2/c1-19-13-8-12(14(20-2)7-11(13)16)18-17-10-5-3-9(15)4-6-10/h3-8H,16H2,1-2H3/b18-17+. The summed E-state index contributed by atoms with van der Waals surface area (Å²) >= 11 is 5.81. The van der Waals surface area contributed by atoms with Gasteiger partial charge in [-0.3, -0.25) is 0 Å². The van der Waals surface area contributed by atoms with Crippen LogP contribution in [0, 0.1) is 0 Å². The van der Waals surface area contributed by atoms with Crippen LogP contribution in [-0.2, 0) is 0 Å². The third kappa shape index (κ3) is 3.19. The molecule has 2 rings (SSSR count). The number of hydrogen-bond acceptors (Lipinski definition) is 5. The summed E-state index contributed by atoms with van der Waals surface area (Å²) in [5.74, 6) is 1.05. The van der Waals surface area contributed by atoms with Crippen LogP contribution >= 0.6 is 11.6 Å². The fourth-order valence-corrected chi connectivity index (χ4v) is 1.73. The Hall–Kier alpha value is -2.27. The van der Waals surface area contributed by atoms with Crippen molar-refractivity contribution in [2.45, 2.75) is 0 Å². The fraction of sp³-hybridized carbons (Fsp3) is 0.143. The molecule has 20 heavy (non-hydrogen) atoms. The van der Waals surface area contributed by atoms with Crippen molar-refractivity contribution in [1.82, 2.24) is 0 Å². The molecule has 0 bridgehead atoms. The fourth-order valence-electron chi connectivity index (χ4n) is 1.60. The third-order valence-electron chi connectivity index (χ3n) is 2.63. The van der Waals surface area contributed by atoms with E-state index < -0.39 is 0 Å². The van der Waals surface area contributed by atoms with Gasteiger partial charge in [0.25, 0.3) is 0 Å². The van der Waals surface area contributed by atoms with Gasteiger partial charge in [-0.25, -0.2) is 0 Å². The highest BCUT2D eigenvalue weighted by Crippen LogP contribution is 2.37. The van der Waals surface area contributed by atoms with E-state index in [2.05, 4.69) is 10.2 Å². The topological polar surface area (TPSA) is 69.2 Å². The molecule has 0 atom stereocenters. The average molecular weight is 292 g/mol. The first kappa shape index (κ1) is 14.1. The van der Waals surface area contributed by atoms with Crippen molar-refractivity contribution in [3.8, 4) is 11.5 Å². The molecule has 0 aliphatic rings. The van der Waals surface area contributed by atoms with Crippen LogP contribution in [0.3, 0.4) is 0 Å². The first-order valence-electron chi connectivity index (χ1n) is 5.83. The van der Waals surface area contributed by atoms with E-state index in [0.717, 1.165) is 0 Å². The van der Waals surface area contributed by atoms with E-state index in [1.54, 1.807) is 43.5 Å². The number of hydrogen-bond donors (Lipinski definition) is 1. The second-order valence-electron chi connectivity index (χ2n) is 3.94. The summed E-state index contributed by atoms with van der Waals surface area (Å²) in [6.07, 6.45) is 0. The largest absolute Gasteiger partial charge is 0.495 e. The van der Waals surface area contributed by atoms with Crippen LogP contribution in [0.2, 0.25) is 5.02 Å². The Labute approximate surface area is 122 Å². The number of methoxy groups -OCH3 is 2. The summed E-state index contributed by atoms with van der Waals surface area (Å²) in [5, 5.41) is 8.92. The molecule has 0 aromatic heterocycles. The van der Waals surface area contributed by atoms with Crippen molar-refractivity contribution in [1.29, 1.82) is 0 Å². The number of benzene rings is 2. The SMILES string of the molecule is COc1cc(/N=N/c2ccc(Cl)cc2)c(OC)cc1N. The number of nitrogen functional groups attached to an aromatic ring is 1. The maximum absolute atomic E-state index is 5.81. The van der Waals surface area contributed by atoms with Gasteiger partial charge in [-0.15, -0.1) is 5.11 Å². The van der Waals surface area contributed by atoms with Crippen molar-refractivity contribution in [3.63, 3.8) is 0 Å². The molecular formula is C14H14ClN3O2. The van der Waals surface area contributed by atoms with Gasteiger partial charge in [0, 0.05) is 17.2 Å². The normalized spacial score (nSPS) is 10.8. The summed E-state index contributed by atoms with van der Waals surface area (Å²) in [7, 11) is 3.08. The highest BCUT2D eigenvalue weighted by Gasteiger charge is 2.08. The smallest absolute Gasteiger partial charge is 0.148 e. The lowest BCUT2D eigenvalue weighted by atomic mass is 10.2. The Bertz CT molecular complexity index is 627. The van der Waals surface area contributed by atoms with E-state index in [0.29, 0.717) is 33.6 Å². The number of azo groups is 1.